The SMILES string of the molecule is CC1CCCCC1N(C)C(=O)COc1ccccc1N. The fourth-order valence-corrected chi connectivity index (χ4v) is 2.91. The summed E-state index contributed by atoms with van der Waals surface area (Å²) in [6.45, 7) is 2.28. The Morgan fingerprint density at radius 1 is 1.35 bits per heavy atom. The molecule has 1 fully saturated rings. The lowest BCUT2D eigenvalue weighted by Gasteiger charge is -2.36. The molecular formula is C16H24N2O2. The van der Waals surface area contributed by atoms with Gasteiger partial charge in [0.1, 0.15) is 5.75 Å². The van der Waals surface area contributed by atoms with Crippen LogP contribution in [0.15, 0.2) is 24.3 Å². The monoisotopic (exact) mass is 276 g/mol. The maximum Gasteiger partial charge on any atom is 0.260 e. The molecule has 1 aliphatic carbocycles. The van der Waals surface area contributed by atoms with Gasteiger partial charge in [-0.2, -0.15) is 0 Å². The van der Waals surface area contributed by atoms with Crippen molar-refractivity contribution in [1.29, 1.82) is 0 Å². The van der Waals surface area contributed by atoms with Crippen LogP contribution in [0.25, 0.3) is 0 Å². The first kappa shape index (κ1) is 14.7. The highest BCUT2D eigenvalue weighted by molar-refractivity contribution is 5.78. The maximum atomic E-state index is 12.2. The van der Waals surface area contributed by atoms with Crippen molar-refractivity contribution in [1.82, 2.24) is 4.90 Å². The van der Waals surface area contributed by atoms with Crippen molar-refractivity contribution in [3.63, 3.8) is 0 Å². The number of para-hydroxylation sites is 2. The number of nitrogens with zero attached hydrogens (tertiary/aromatic N) is 1. The molecule has 0 saturated heterocycles. The second-order valence-electron chi connectivity index (χ2n) is 5.66. The van der Waals surface area contributed by atoms with Gasteiger partial charge in [-0.15, -0.1) is 0 Å². The highest BCUT2D eigenvalue weighted by Gasteiger charge is 2.27. The van der Waals surface area contributed by atoms with E-state index in [9.17, 15) is 4.79 Å². The van der Waals surface area contributed by atoms with E-state index in [2.05, 4.69) is 6.92 Å². The first-order valence-corrected chi connectivity index (χ1v) is 7.32. The average molecular weight is 276 g/mol. The Labute approximate surface area is 120 Å². The number of hydrogen-bond acceptors (Lipinski definition) is 3. The lowest BCUT2D eigenvalue weighted by molar-refractivity contribution is -0.135. The molecule has 1 amide bonds. The standard InChI is InChI=1S/C16H24N2O2/c1-12-7-3-5-9-14(12)18(2)16(19)11-20-15-10-6-4-8-13(15)17/h4,6,8,10,12,14H,3,5,7,9,11,17H2,1-2H3. The van der Waals surface area contributed by atoms with E-state index in [4.69, 9.17) is 10.5 Å². The van der Waals surface area contributed by atoms with Crippen LogP contribution in [0.4, 0.5) is 5.69 Å². The van der Waals surface area contributed by atoms with Crippen LogP contribution in [0, 0.1) is 5.92 Å². The summed E-state index contributed by atoms with van der Waals surface area (Å²) in [5, 5.41) is 0. The van der Waals surface area contributed by atoms with Gasteiger partial charge in [0.2, 0.25) is 0 Å². The van der Waals surface area contributed by atoms with Crippen LogP contribution >= 0.6 is 0 Å². The van der Waals surface area contributed by atoms with Gasteiger partial charge in [0.15, 0.2) is 6.61 Å². The van der Waals surface area contributed by atoms with Gasteiger partial charge >= 0.3 is 0 Å². The number of anilines is 1. The number of carbonyl (C=O) groups excluding carboxylic acids is 1. The van der Waals surface area contributed by atoms with Crippen molar-refractivity contribution in [2.75, 3.05) is 19.4 Å². The van der Waals surface area contributed by atoms with Crippen LogP contribution in [0.5, 0.6) is 5.75 Å². The summed E-state index contributed by atoms with van der Waals surface area (Å²) < 4.78 is 5.53. The van der Waals surface area contributed by atoms with Gasteiger partial charge in [0.05, 0.1) is 5.69 Å². The molecule has 2 rings (SSSR count). The first-order chi connectivity index (χ1) is 9.59. The van der Waals surface area contributed by atoms with Crippen molar-refractivity contribution in [2.45, 2.75) is 38.6 Å². The molecule has 0 bridgehead atoms. The van der Waals surface area contributed by atoms with Gasteiger partial charge < -0.3 is 15.4 Å². The van der Waals surface area contributed by atoms with E-state index in [-0.39, 0.29) is 12.5 Å². The number of nitrogen functional groups attached to an aromatic ring is 1. The van der Waals surface area contributed by atoms with Crippen molar-refractivity contribution < 1.29 is 9.53 Å². The van der Waals surface area contributed by atoms with E-state index in [0.29, 0.717) is 23.4 Å². The zero-order valence-corrected chi connectivity index (χ0v) is 12.3. The largest absolute Gasteiger partial charge is 0.482 e. The van der Waals surface area contributed by atoms with E-state index < -0.39 is 0 Å². The van der Waals surface area contributed by atoms with E-state index in [1.807, 2.05) is 24.1 Å². The number of ether oxygens (including phenoxy) is 1. The average Bonchev–Trinajstić information content (AvgIpc) is 2.46. The van der Waals surface area contributed by atoms with Gasteiger partial charge in [-0.3, -0.25) is 4.79 Å². The van der Waals surface area contributed by atoms with Gasteiger partial charge in [0.25, 0.3) is 5.91 Å². The molecule has 1 saturated carbocycles. The predicted octanol–water partition coefficient (Wildman–Crippen LogP) is 2.68. The molecule has 0 radical (unpaired) electrons. The summed E-state index contributed by atoms with van der Waals surface area (Å²) in [7, 11) is 1.88. The summed E-state index contributed by atoms with van der Waals surface area (Å²) in [5.74, 6) is 1.16. The number of benzene rings is 1. The van der Waals surface area contributed by atoms with Gasteiger partial charge in [-0.25, -0.2) is 0 Å². The third-order valence-electron chi connectivity index (χ3n) is 4.23. The summed E-state index contributed by atoms with van der Waals surface area (Å²) >= 11 is 0. The first-order valence-electron chi connectivity index (χ1n) is 7.32. The normalized spacial score (nSPS) is 22.3. The van der Waals surface area contributed by atoms with E-state index in [0.717, 1.165) is 6.42 Å². The minimum absolute atomic E-state index is 0.0204. The second kappa shape index (κ2) is 6.64. The second-order valence-corrected chi connectivity index (χ2v) is 5.66. The molecule has 2 atom stereocenters. The summed E-state index contributed by atoms with van der Waals surface area (Å²) in [6, 6.07) is 7.59. The molecule has 20 heavy (non-hydrogen) atoms. The van der Waals surface area contributed by atoms with E-state index in [1.54, 1.807) is 12.1 Å². The van der Waals surface area contributed by atoms with Crippen LogP contribution in [0.1, 0.15) is 32.6 Å². The molecule has 2 N–H and O–H groups in total. The third-order valence-corrected chi connectivity index (χ3v) is 4.23. The lowest BCUT2D eigenvalue weighted by Crippen LogP contribution is -2.44. The maximum absolute atomic E-state index is 12.2. The zero-order valence-electron chi connectivity index (χ0n) is 12.3. The zero-order chi connectivity index (χ0) is 14.5. The summed E-state index contributed by atoms with van der Waals surface area (Å²) in [5.41, 5.74) is 6.36. The molecule has 0 aliphatic heterocycles. The Hall–Kier alpha value is -1.71. The quantitative estimate of drug-likeness (QED) is 0.860. The van der Waals surface area contributed by atoms with E-state index in [1.165, 1.54) is 19.3 Å². The molecule has 1 aromatic carbocycles. The number of nitrogens with two attached hydrogens (primary N) is 1. The number of carbonyl (C=O) groups is 1. The lowest BCUT2D eigenvalue weighted by atomic mass is 9.85. The van der Waals surface area contributed by atoms with Crippen LogP contribution < -0.4 is 10.5 Å². The molecule has 2 unspecified atom stereocenters. The molecule has 4 heteroatoms. The molecule has 0 heterocycles. The molecular weight excluding hydrogens is 252 g/mol. The fourth-order valence-electron chi connectivity index (χ4n) is 2.91. The molecule has 1 aromatic rings. The molecule has 110 valence electrons. The number of hydrogen-bond donors (Lipinski definition) is 1. The third kappa shape index (κ3) is 3.44. The van der Waals surface area contributed by atoms with Crippen LogP contribution in [0.3, 0.4) is 0 Å². The Bertz CT molecular complexity index is 462. The molecule has 4 nitrogen and oxygen atoms in total. The Balaban J connectivity index is 1.89. The minimum atomic E-state index is 0.0204. The van der Waals surface area contributed by atoms with Crippen LogP contribution in [0.2, 0.25) is 0 Å². The smallest absolute Gasteiger partial charge is 0.260 e. The minimum Gasteiger partial charge on any atom is -0.482 e. The highest BCUT2D eigenvalue weighted by Crippen LogP contribution is 2.27. The molecule has 0 aromatic heterocycles. The van der Waals surface area contributed by atoms with Crippen LogP contribution in [-0.2, 0) is 4.79 Å². The Morgan fingerprint density at radius 3 is 2.75 bits per heavy atom. The highest BCUT2D eigenvalue weighted by atomic mass is 16.5. The molecule has 1 aliphatic rings. The van der Waals surface area contributed by atoms with Crippen molar-refractivity contribution in [3.05, 3.63) is 24.3 Å². The van der Waals surface area contributed by atoms with Gasteiger partial charge in [0, 0.05) is 13.1 Å². The van der Waals surface area contributed by atoms with Gasteiger partial charge in [-0.1, -0.05) is 31.9 Å². The number of likely N-dealkylation sites (N-methyl/N-ethyl adjacent to an activating group) is 1. The van der Waals surface area contributed by atoms with Crippen molar-refractivity contribution >= 4 is 11.6 Å². The van der Waals surface area contributed by atoms with E-state index >= 15 is 0 Å². The Kier molecular flexibility index (Phi) is 4.88. The van der Waals surface area contributed by atoms with Crippen LogP contribution in [-0.4, -0.2) is 30.5 Å². The van der Waals surface area contributed by atoms with Crippen molar-refractivity contribution in [2.24, 2.45) is 5.92 Å². The summed E-state index contributed by atoms with van der Waals surface area (Å²) in [6.07, 6.45) is 4.78. The topological polar surface area (TPSA) is 55.6 Å². The number of rotatable bonds is 4. The predicted molar refractivity (Wildman–Crippen MR) is 80.5 cm³/mol. The fraction of sp³-hybridized carbons (Fsp3) is 0.562. The summed E-state index contributed by atoms with van der Waals surface area (Å²) in [4.78, 5) is 14.1. The molecule has 0 spiro atoms. The van der Waals surface area contributed by atoms with Crippen molar-refractivity contribution in [3.8, 4) is 5.75 Å². The Morgan fingerprint density at radius 2 is 2.05 bits per heavy atom. The van der Waals surface area contributed by atoms with Gasteiger partial charge in [-0.05, 0) is 30.9 Å². The number of amides is 1.